The van der Waals surface area contributed by atoms with Gasteiger partial charge in [0.15, 0.2) is 5.82 Å². The van der Waals surface area contributed by atoms with E-state index in [4.69, 9.17) is 17.3 Å². The predicted molar refractivity (Wildman–Crippen MR) is 124 cm³/mol. The number of nitrogens with zero attached hydrogens (tertiary/aromatic N) is 3. The molecular weight excluding hydrogens is 563 g/mol. The molecular formula is C23H19ClF7N5O3. The molecule has 2 aromatic carbocycles. The Labute approximate surface area is 220 Å². The first-order chi connectivity index (χ1) is 17.9. The minimum Gasteiger partial charge on any atom is -0.367 e. The first kappa shape index (κ1) is 29.7. The molecule has 3 aromatic rings. The van der Waals surface area contributed by atoms with E-state index in [1.54, 1.807) is 0 Å². The molecule has 1 aromatic heterocycles. The predicted octanol–water partition coefficient (Wildman–Crippen LogP) is 3.99. The summed E-state index contributed by atoms with van der Waals surface area (Å²) in [5, 5.41) is 6.21. The van der Waals surface area contributed by atoms with Crippen molar-refractivity contribution in [1.82, 2.24) is 19.7 Å². The Hall–Kier alpha value is -3.88. The quantitative estimate of drug-likeness (QED) is 0.392. The van der Waals surface area contributed by atoms with Crippen molar-refractivity contribution in [3.63, 3.8) is 0 Å². The van der Waals surface area contributed by atoms with Gasteiger partial charge in [-0.15, -0.1) is 5.10 Å². The van der Waals surface area contributed by atoms with Crippen molar-refractivity contribution in [1.29, 1.82) is 0 Å². The molecule has 0 spiro atoms. The number of nitrogens with two attached hydrogens (primary N) is 1. The van der Waals surface area contributed by atoms with Crippen LogP contribution in [0.2, 0.25) is 5.02 Å². The van der Waals surface area contributed by atoms with Gasteiger partial charge >= 0.3 is 18.0 Å². The van der Waals surface area contributed by atoms with Gasteiger partial charge in [0.1, 0.15) is 17.9 Å². The maximum atomic E-state index is 14.8. The number of benzene rings is 2. The van der Waals surface area contributed by atoms with Gasteiger partial charge in [-0.1, -0.05) is 23.7 Å². The van der Waals surface area contributed by atoms with Crippen LogP contribution < -0.4 is 16.7 Å². The van der Waals surface area contributed by atoms with Crippen molar-refractivity contribution in [2.75, 3.05) is 0 Å². The molecule has 1 heterocycles. The van der Waals surface area contributed by atoms with Crippen LogP contribution in [-0.4, -0.2) is 32.3 Å². The summed E-state index contributed by atoms with van der Waals surface area (Å²) in [6, 6.07) is 7.57. The molecule has 210 valence electrons. The second-order valence-electron chi connectivity index (χ2n) is 8.49. The summed E-state index contributed by atoms with van der Waals surface area (Å²) in [7, 11) is 0. The van der Waals surface area contributed by atoms with Crippen LogP contribution in [0.3, 0.4) is 0 Å². The molecule has 16 heteroatoms. The van der Waals surface area contributed by atoms with E-state index in [0.717, 1.165) is 19.1 Å². The standard InChI is InChI=1S/C23H19ClF7N5O3/c1-21(19(32)38,14-3-2-4-15(17(14)25)23(29,30)31)33-16(37)11-36-20(39)35(10-9-22(26,27)28)18(34-36)12-5-7-13(24)8-6-12/h2-8H,9-11H2,1H3,(H2,32,38)(H,33,37). The zero-order valence-corrected chi connectivity index (χ0v) is 20.6. The highest BCUT2D eigenvalue weighted by atomic mass is 35.5. The lowest BCUT2D eigenvalue weighted by molar-refractivity contribution is -0.140. The van der Waals surface area contributed by atoms with Gasteiger partial charge in [-0.25, -0.2) is 13.9 Å². The van der Waals surface area contributed by atoms with Crippen LogP contribution >= 0.6 is 11.6 Å². The van der Waals surface area contributed by atoms with Gasteiger partial charge in [0.05, 0.1) is 12.0 Å². The van der Waals surface area contributed by atoms with Gasteiger partial charge in [0, 0.05) is 22.7 Å². The van der Waals surface area contributed by atoms with E-state index >= 15 is 0 Å². The summed E-state index contributed by atoms with van der Waals surface area (Å²) in [5.74, 6) is -4.75. The van der Waals surface area contributed by atoms with Crippen LogP contribution in [0.25, 0.3) is 11.4 Å². The fourth-order valence-electron chi connectivity index (χ4n) is 3.65. The number of rotatable bonds is 8. The van der Waals surface area contributed by atoms with E-state index < -0.39 is 71.9 Å². The molecule has 1 unspecified atom stereocenters. The normalized spacial score (nSPS) is 13.7. The van der Waals surface area contributed by atoms with E-state index in [0.29, 0.717) is 15.3 Å². The van der Waals surface area contributed by atoms with E-state index in [2.05, 4.69) is 5.10 Å². The second-order valence-corrected chi connectivity index (χ2v) is 8.93. The summed E-state index contributed by atoms with van der Waals surface area (Å²) < 4.78 is 94.1. The molecule has 0 radical (unpaired) electrons. The van der Waals surface area contributed by atoms with Crippen LogP contribution in [0.15, 0.2) is 47.3 Å². The van der Waals surface area contributed by atoms with Gasteiger partial charge in [0.25, 0.3) is 0 Å². The van der Waals surface area contributed by atoms with Crippen molar-refractivity contribution in [3.05, 3.63) is 74.9 Å². The van der Waals surface area contributed by atoms with Crippen molar-refractivity contribution in [2.24, 2.45) is 5.73 Å². The minimum absolute atomic E-state index is 0.186. The molecule has 0 fully saturated rings. The number of carbonyl (C=O) groups is 2. The first-order valence-corrected chi connectivity index (χ1v) is 11.3. The smallest absolute Gasteiger partial charge is 0.367 e. The zero-order chi connectivity index (χ0) is 29.3. The molecule has 1 atom stereocenters. The lowest BCUT2D eigenvalue weighted by Crippen LogP contribution is -2.54. The van der Waals surface area contributed by atoms with Gasteiger partial charge < -0.3 is 11.1 Å². The maximum Gasteiger partial charge on any atom is 0.419 e. The number of alkyl halides is 6. The Morgan fingerprint density at radius 2 is 1.62 bits per heavy atom. The minimum atomic E-state index is -5.13. The Morgan fingerprint density at radius 1 is 1.03 bits per heavy atom. The van der Waals surface area contributed by atoms with Crippen molar-refractivity contribution in [2.45, 2.75) is 44.3 Å². The maximum absolute atomic E-state index is 14.8. The fraction of sp³-hybridized carbons (Fsp3) is 0.304. The number of halogens is 8. The Balaban J connectivity index is 1.98. The van der Waals surface area contributed by atoms with Crippen LogP contribution in [-0.2, 0) is 34.4 Å². The molecule has 0 saturated carbocycles. The van der Waals surface area contributed by atoms with Gasteiger partial charge in [-0.3, -0.25) is 14.2 Å². The van der Waals surface area contributed by atoms with Crippen LogP contribution in [0, 0.1) is 5.82 Å². The Morgan fingerprint density at radius 3 is 2.15 bits per heavy atom. The number of hydrogen-bond acceptors (Lipinski definition) is 4. The zero-order valence-electron chi connectivity index (χ0n) is 19.8. The lowest BCUT2D eigenvalue weighted by atomic mass is 9.89. The third-order valence-corrected chi connectivity index (χ3v) is 5.91. The summed E-state index contributed by atoms with van der Waals surface area (Å²) in [5.41, 5.74) is -0.780. The number of carbonyl (C=O) groups excluding carboxylic acids is 2. The van der Waals surface area contributed by atoms with E-state index in [-0.39, 0.29) is 16.4 Å². The highest BCUT2D eigenvalue weighted by Gasteiger charge is 2.42. The highest BCUT2D eigenvalue weighted by molar-refractivity contribution is 6.30. The van der Waals surface area contributed by atoms with Crippen molar-refractivity contribution in [3.8, 4) is 11.4 Å². The van der Waals surface area contributed by atoms with E-state index in [9.17, 15) is 45.1 Å². The van der Waals surface area contributed by atoms with Crippen LogP contribution in [0.1, 0.15) is 24.5 Å². The lowest BCUT2D eigenvalue weighted by Gasteiger charge is -2.29. The highest BCUT2D eigenvalue weighted by Crippen LogP contribution is 2.35. The summed E-state index contributed by atoms with van der Waals surface area (Å²) >= 11 is 5.83. The van der Waals surface area contributed by atoms with Crippen molar-refractivity contribution < 1.29 is 40.3 Å². The third-order valence-electron chi connectivity index (χ3n) is 5.66. The summed E-state index contributed by atoms with van der Waals surface area (Å²) in [6.07, 6.45) is -11.2. The number of hydrogen-bond donors (Lipinski definition) is 2. The molecule has 0 saturated heterocycles. The molecule has 0 aliphatic carbocycles. The molecule has 8 nitrogen and oxygen atoms in total. The molecule has 0 aliphatic heterocycles. The average Bonchev–Trinajstić information content (AvgIpc) is 3.11. The average molecular weight is 582 g/mol. The SMILES string of the molecule is CC(NC(=O)Cn1nc(-c2ccc(Cl)cc2)n(CCC(F)(F)F)c1=O)(C(N)=O)c1cccc(C(F)(F)F)c1F. The number of aromatic nitrogens is 3. The molecule has 3 rings (SSSR count). The second kappa shape index (κ2) is 10.7. The molecule has 2 amide bonds. The van der Waals surface area contributed by atoms with Crippen LogP contribution in [0.5, 0.6) is 0 Å². The van der Waals surface area contributed by atoms with Gasteiger partial charge in [-0.05, 0) is 37.3 Å². The Kier molecular flexibility index (Phi) is 8.15. The first-order valence-electron chi connectivity index (χ1n) is 10.9. The largest absolute Gasteiger partial charge is 0.419 e. The van der Waals surface area contributed by atoms with Gasteiger partial charge in [-0.2, -0.15) is 26.3 Å². The topological polar surface area (TPSA) is 112 Å². The van der Waals surface area contributed by atoms with E-state index in [1.807, 2.05) is 5.32 Å². The number of nitrogens with one attached hydrogen (secondary N) is 1. The summed E-state index contributed by atoms with van der Waals surface area (Å²) in [6.45, 7) is -0.992. The van der Waals surface area contributed by atoms with E-state index in [1.165, 1.54) is 24.3 Å². The monoisotopic (exact) mass is 581 g/mol. The number of primary amides is 1. The molecule has 0 aliphatic rings. The van der Waals surface area contributed by atoms with Crippen molar-refractivity contribution >= 4 is 23.4 Å². The third kappa shape index (κ3) is 6.58. The molecule has 3 N–H and O–H groups in total. The fourth-order valence-corrected chi connectivity index (χ4v) is 3.78. The Bertz CT molecular complexity index is 1450. The summed E-state index contributed by atoms with van der Waals surface area (Å²) in [4.78, 5) is 37.9. The molecule has 0 bridgehead atoms. The van der Waals surface area contributed by atoms with Gasteiger partial charge in [0.2, 0.25) is 11.8 Å². The number of amides is 2. The van der Waals surface area contributed by atoms with Crippen LogP contribution in [0.4, 0.5) is 30.7 Å². The molecule has 39 heavy (non-hydrogen) atoms.